The van der Waals surface area contributed by atoms with E-state index in [0.717, 1.165) is 24.6 Å². The number of rotatable bonds is 6. The number of likely N-dealkylation sites (tertiary alicyclic amines) is 1. The standard InChI is InChI=1S/C15H26N2O/c1-3-16-12-14-6-8-17(9-7-14)13(2)11-15-5-4-10-18-15/h4-5,10,13-14,16H,3,6-9,11-12H2,1-2H3. The van der Waals surface area contributed by atoms with E-state index in [0.29, 0.717) is 6.04 Å². The van der Waals surface area contributed by atoms with Gasteiger partial charge in [0.05, 0.1) is 6.26 Å². The third-order valence-corrected chi connectivity index (χ3v) is 4.03. The molecule has 18 heavy (non-hydrogen) atoms. The topological polar surface area (TPSA) is 28.4 Å². The maximum Gasteiger partial charge on any atom is 0.105 e. The van der Waals surface area contributed by atoms with E-state index in [9.17, 15) is 0 Å². The Labute approximate surface area is 111 Å². The minimum atomic E-state index is 0.594. The lowest BCUT2D eigenvalue weighted by Gasteiger charge is -2.35. The Kier molecular flexibility index (Phi) is 5.26. The van der Waals surface area contributed by atoms with Gasteiger partial charge in [-0.15, -0.1) is 0 Å². The largest absolute Gasteiger partial charge is 0.469 e. The molecule has 1 unspecified atom stereocenters. The molecular weight excluding hydrogens is 224 g/mol. The van der Waals surface area contributed by atoms with Gasteiger partial charge in [0.15, 0.2) is 0 Å². The number of nitrogens with one attached hydrogen (secondary N) is 1. The first kappa shape index (κ1) is 13.6. The average Bonchev–Trinajstić information content (AvgIpc) is 2.89. The van der Waals surface area contributed by atoms with E-state index in [4.69, 9.17) is 4.42 Å². The summed E-state index contributed by atoms with van der Waals surface area (Å²) >= 11 is 0. The third-order valence-electron chi connectivity index (χ3n) is 4.03. The van der Waals surface area contributed by atoms with Crippen LogP contribution < -0.4 is 5.32 Å². The maximum atomic E-state index is 5.43. The monoisotopic (exact) mass is 250 g/mol. The van der Waals surface area contributed by atoms with E-state index in [-0.39, 0.29) is 0 Å². The second-order valence-corrected chi connectivity index (χ2v) is 5.42. The SMILES string of the molecule is CCNCC1CCN(C(C)Cc2ccco2)CC1. The van der Waals surface area contributed by atoms with Gasteiger partial charge >= 0.3 is 0 Å². The van der Waals surface area contributed by atoms with Crippen LogP contribution in [-0.4, -0.2) is 37.1 Å². The molecule has 0 amide bonds. The van der Waals surface area contributed by atoms with E-state index in [2.05, 4.69) is 30.1 Å². The fourth-order valence-corrected chi connectivity index (χ4v) is 2.80. The number of piperidine rings is 1. The summed E-state index contributed by atoms with van der Waals surface area (Å²) in [5, 5.41) is 3.46. The highest BCUT2D eigenvalue weighted by molar-refractivity contribution is 5.00. The molecule has 2 heterocycles. The van der Waals surface area contributed by atoms with Crippen LogP contribution in [0.4, 0.5) is 0 Å². The summed E-state index contributed by atoms with van der Waals surface area (Å²) in [7, 11) is 0. The molecule has 1 aromatic heterocycles. The number of hydrogen-bond donors (Lipinski definition) is 1. The summed E-state index contributed by atoms with van der Waals surface area (Å²) in [4.78, 5) is 2.60. The van der Waals surface area contributed by atoms with E-state index in [1.54, 1.807) is 6.26 Å². The molecule has 1 aliphatic heterocycles. The molecule has 0 bridgehead atoms. The quantitative estimate of drug-likeness (QED) is 0.841. The van der Waals surface area contributed by atoms with Crippen LogP contribution in [0.5, 0.6) is 0 Å². The summed E-state index contributed by atoms with van der Waals surface area (Å²) in [5.41, 5.74) is 0. The zero-order valence-corrected chi connectivity index (χ0v) is 11.7. The molecule has 1 atom stereocenters. The highest BCUT2D eigenvalue weighted by atomic mass is 16.3. The summed E-state index contributed by atoms with van der Waals surface area (Å²) < 4.78 is 5.43. The van der Waals surface area contributed by atoms with Crippen LogP contribution >= 0.6 is 0 Å². The Morgan fingerprint density at radius 3 is 2.83 bits per heavy atom. The van der Waals surface area contributed by atoms with Crippen molar-refractivity contribution in [3.8, 4) is 0 Å². The van der Waals surface area contributed by atoms with Crippen molar-refractivity contribution >= 4 is 0 Å². The van der Waals surface area contributed by atoms with Crippen LogP contribution in [-0.2, 0) is 6.42 Å². The predicted octanol–water partition coefficient (Wildman–Crippen LogP) is 2.53. The van der Waals surface area contributed by atoms with Gasteiger partial charge in [-0.1, -0.05) is 6.92 Å². The molecule has 2 rings (SSSR count). The van der Waals surface area contributed by atoms with Gasteiger partial charge in [0.1, 0.15) is 5.76 Å². The average molecular weight is 250 g/mol. The van der Waals surface area contributed by atoms with Crippen LogP contribution in [0.1, 0.15) is 32.4 Å². The second kappa shape index (κ2) is 6.95. The molecule has 1 aliphatic rings. The van der Waals surface area contributed by atoms with Gasteiger partial charge in [-0.05, 0) is 64.0 Å². The zero-order chi connectivity index (χ0) is 12.8. The molecule has 0 spiro atoms. The molecule has 3 nitrogen and oxygen atoms in total. The normalized spacial score (nSPS) is 20.1. The van der Waals surface area contributed by atoms with Crippen LogP contribution in [0.2, 0.25) is 0 Å². The molecule has 0 aliphatic carbocycles. The highest BCUT2D eigenvalue weighted by Gasteiger charge is 2.22. The molecule has 1 saturated heterocycles. The Hall–Kier alpha value is -0.800. The van der Waals surface area contributed by atoms with Crippen molar-refractivity contribution in [2.24, 2.45) is 5.92 Å². The molecule has 0 radical (unpaired) electrons. The summed E-state index contributed by atoms with van der Waals surface area (Å²) in [6, 6.07) is 4.65. The molecule has 0 aromatic carbocycles. The first-order chi connectivity index (χ1) is 8.79. The van der Waals surface area contributed by atoms with Crippen molar-refractivity contribution in [2.45, 2.75) is 39.2 Å². The van der Waals surface area contributed by atoms with Crippen molar-refractivity contribution in [1.82, 2.24) is 10.2 Å². The van der Waals surface area contributed by atoms with Crippen molar-refractivity contribution in [3.63, 3.8) is 0 Å². The number of furan rings is 1. The van der Waals surface area contributed by atoms with Crippen molar-refractivity contribution in [3.05, 3.63) is 24.2 Å². The highest BCUT2D eigenvalue weighted by Crippen LogP contribution is 2.20. The van der Waals surface area contributed by atoms with Crippen molar-refractivity contribution < 1.29 is 4.42 Å². The lowest BCUT2D eigenvalue weighted by Crippen LogP contribution is -2.42. The van der Waals surface area contributed by atoms with Crippen LogP contribution in [0.15, 0.2) is 22.8 Å². The Morgan fingerprint density at radius 1 is 1.44 bits per heavy atom. The zero-order valence-electron chi connectivity index (χ0n) is 11.7. The molecule has 1 aromatic rings. The van der Waals surface area contributed by atoms with Crippen molar-refractivity contribution in [2.75, 3.05) is 26.2 Å². The smallest absolute Gasteiger partial charge is 0.105 e. The minimum absolute atomic E-state index is 0.594. The first-order valence-electron chi connectivity index (χ1n) is 7.26. The minimum Gasteiger partial charge on any atom is -0.469 e. The molecule has 0 saturated carbocycles. The fraction of sp³-hybridized carbons (Fsp3) is 0.733. The van der Waals surface area contributed by atoms with Gasteiger partial charge < -0.3 is 14.6 Å². The lowest BCUT2D eigenvalue weighted by atomic mass is 9.95. The Morgan fingerprint density at radius 2 is 2.22 bits per heavy atom. The number of hydrogen-bond acceptors (Lipinski definition) is 3. The van der Waals surface area contributed by atoms with Crippen LogP contribution in [0, 0.1) is 5.92 Å². The van der Waals surface area contributed by atoms with E-state index >= 15 is 0 Å². The van der Waals surface area contributed by atoms with Gasteiger partial charge in [0, 0.05) is 12.5 Å². The van der Waals surface area contributed by atoms with E-state index < -0.39 is 0 Å². The first-order valence-corrected chi connectivity index (χ1v) is 7.26. The second-order valence-electron chi connectivity index (χ2n) is 5.42. The Bertz CT molecular complexity index is 315. The predicted molar refractivity (Wildman–Crippen MR) is 74.7 cm³/mol. The lowest BCUT2D eigenvalue weighted by molar-refractivity contribution is 0.136. The molecule has 102 valence electrons. The van der Waals surface area contributed by atoms with E-state index in [1.807, 2.05) is 6.07 Å². The summed E-state index contributed by atoms with van der Waals surface area (Å²) in [6.45, 7) is 9.25. The van der Waals surface area contributed by atoms with E-state index in [1.165, 1.54) is 32.5 Å². The summed E-state index contributed by atoms with van der Waals surface area (Å²) in [6.07, 6.45) is 5.46. The number of nitrogens with zero attached hydrogens (tertiary/aromatic N) is 1. The van der Waals surface area contributed by atoms with Crippen molar-refractivity contribution in [1.29, 1.82) is 0 Å². The van der Waals surface area contributed by atoms with Gasteiger partial charge in [0.25, 0.3) is 0 Å². The van der Waals surface area contributed by atoms with Gasteiger partial charge in [-0.2, -0.15) is 0 Å². The van der Waals surface area contributed by atoms with Gasteiger partial charge in [-0.3, -0.25) is 0 Å². The molecule has 3 heteroatoms. The summed E-state index contributed by atoms with van der Waals surface area (Å²) in [5.74, 6) is 1.98. The maximum absolute atomic E-state index is 5.43. The molecular formula is C15H26N2O. The van der Waals surface area contributed by atoms with Crippen LogP contribution in [0.3, 0.4) is 0 Å². The van der Waals surface area contributed by atoms with Gasteiger partial charge in [0.2, 0.25) is 0 Å². The van der Waals surface area contributed by atoms with Crippen LogP contribution in [0.25, 0.3) is 0 Å². The molecule has 1 fully saturated rings. The Balaban J connectivity index is 1.72. The van der Waals surface area contributed by atoms with Gasteiger partial charge in [-0.25, -0.2) is 0 Å². The third kappa shape index (κ3) is 3.85. The fourth-order valence-electron chi connectivity index (χ4n) is 2.80. The molecule has 1 N–H and O–H groups in total.